The van der Waals surface area contributed by atoms with Crippen LogP contribution in [0, 0.1) is 23.7 Å². The number of carbonyl (C=O) groups excluding carboxylic acids is 3. The van der Waals surface area contributed by atoms with Gasteiger partial charge in [0.25, 0.3) is 0 Å². The number of ether oxygens (including phenoxy) is 3. The van der Waals surface area contributed by atoms with E-state index in [1.54, 1.807) is 11.8 Å². The van der Waals surface area contributed by atoms with E-state index in [4.69, 9.17) is 14.2 Å². The van der Waals surface area contributed by atoms with Gasteiger partial charge in [0.1, 0.15) is 17.6 Å². The van der Waals surface area contributed by atoms with Crippen LogP contribution in [0.5, 0.6) is 0 Å². The van der Waals surface area contributed by atoms with E-state index < -0.39 is 41.1 Å². The highest BCUT2D eigenvalue weighted by Crippen LogP contribution is 2.65. The average molecular weight is 510 g/mol. The lowest BCUT2D eigenvalue weighted by Gasteiger charge is -2.37. The van der Waals surface area contributed by atoms with E-state index in [1.807, 2.05) is 27.7 Å². The summed E-state index contributed by atoms with van der Waals surface area (Å²) < 4.78 is 17.5. The Morgan fingerprint density at radius 3 is 2.58 bits per heavy atom. The number of rotatable bonds is 10. The standard InChI is InChI=1S/C26H43N3O7/c1-6-35-24(33)20-19-23(32)29(18(15-30)13-16(2)3)21(26(19)14-17(4)25(20,5)36-26)22(31)27-7-8-28-9-11-34-12-10-28/h16-21,30H,6-15H2,1-5H3,(H,27,31)/t17?,18-,19+,20+,21?,25-,26?/m1/s1. The number of aliphatic hydroxyl groups excluding tert-OH is 1. The van der Waals surface area contributed by atoms with Crippen LogP contribution in [0.1, 0.15) is 47.5 Å². The quantitative estimate of drug-likeness (QED) is 0.407. The fourth-order valence-electron chi connectivity index (χ4n) is 7.04. The first-order chi connectivity index (χ1) is 17.1. The van der Waals surface area contributed by atoms with Gasteiger partial charge in [0.05, 0.1) is 44.0 Å². The van der Waals surface area contributed by atoms with Crippen LogP contribution in [-0.2, 0) is 28.6 Å². The van der Waals surface area contributed by atoms with E-state index in [2.05, 4.69) is 10.2 Å². The van der Waals surface area contributed by atoms with Crippen molar-refractivity contribution in [2.75, 3.05) is 52.6 Å². The zero-order valence-corrected chi connectivity index (χ0v) is 22.3. The van der Waals surface area contributed by atoms with Crippen LogP contribution < -0.4 is 5.32 Å². The van der Waals surface area contributed by atoms with Crippen molar-refractivity contribution in [3.05, 3.63) is 0 Å². The third kappa shape index (κ3) is 4.44. The minimum atomic E-state index is -1.13. The van der Waals surface area contributed by atoms with Crippen LogP contribution in [0.3, 0.4) is 0 Å². The summed E-state index contributed by atoms with van der Waals surface area (Å²) in [6.07, 6.45) is 1.03. The monoisotopic (exact) mass is 509 g/mol. The number of fused-ring (bicyclic) bond motifs is 1. The molecule has 4 aliphatic heterocycles. The van der Waals surface area contributed by atoms with E-state index in [0.29, 0.717) is 39.1 Å². The van der Waals surface area contributed by atoms with Gasteiger partial charge in [-0.2, -0.15) is 0 Å². The number of carbonyl (C=O) groups is 3. The molecule has 2 amide bonds. The number of hydrogen-bond acceptors (Lipinski definition) is 8. The Morgan fingerprint density at radius 1 is 1.28 bits per heavy atom. The van der Waals surface area contributed by atoms with Crippen LogP contribution in [0.25, 0.3) is 0 Å². The van der Waals surface area contributed by atoms with Gasteiger partial charge in [0.2, 0.25) is 11.8 Å². The SMILES string of the molecule is CCOC(=O)[C@@H]1[C@H]2C(=O)N([C@@H](CO)CC(C)C)C(C(=O)NCCN3CCOCC3)C23CC(C)[C@@]1(C)O3. The van der Waals surface area contributed by atoms with E-state index in [1.165, 1.54) is 0 Å². The molecule has 4 fully saturated rings. The molecular formula is C26H43N3O7. The molecule has 0 radical (unpaired) electrons. The minimum Gasteiger partial charge on any atom is -0.466 e. The average Bonchev–Trinajstić information content (AvgIpc) is 3.35. The van der Waals surface area contributed by atoms with Crippen LogP contribution >= 0.6 is 0 Å². The molecule has 0 aromatic carbocycles. The van der Waals surface area contributed by atoms with Crippen molar-refractivity contribution in [2.45, 2.75) is 70.7 Å². The summed E-state index contributed by atoms with van der Waals surface area (Å²) in [5.41, 5.74) is -2.02. The first kappa shape index (κ1) is 27.3. The Hall–Kier alpha value is -1.75. The van der Waals surface area contributed by atoms with Gasteiger partial charge in [-0.1, -0.05) is 20.8 Å². The Balaban J connectivity index is 1.66. The molecule has 0 aromatic rings. The Bertz CT molecular complexity index is 847. The van der Waals surface area contributed by atoms with Gasteiger partial charge in [-0.15, -0.1) is 0 Å². The molecule has 7 atom stereocenters. The first-order valence-corrected chi connectivity index (χ1v) is 13.5. The number of morpholine rings is 1. The van der Waals surface area contributed by atoms with Gasteiger partial charge in [-0.25, -0.2) is 0 Å². The van der Waals surface area contributed by atoms with Crippen LogP contribution in [0.4, 0.5) is 0 Å². The highest BCUT2D eigenvalue weighted by atomic mass is 16.6. The van der Waals surface area contributed by atoms with Crippen molar-refractivity contribution in [1.29, 1.82) is 0 Å². The van der Waals surface area contributed by atoms with Crippen LogP contribution in [0.2, 0.25) is 0 Å². The molecule has 4 aliphatic rings. The summed E-state index contributed by atoms with van der Waals surface area (Å²) in [6.45, 7) is 13.7. The van der Waals surface area contributed by atoms with Gasteiger partial charge in [-0.3, -0.25) is 19.3 Å². The van der Waals surface area contributed by atoms with Gasteiger partial charge in [-0.05, 0) is 38.5 Å². The summed E-state index contributed by atoms with van der Waals surface area (Å²) in [6, 6.07) is -1.46. The fraction of sp³-hybridized carbons (Fsp3) is 0.885. The van der Waals surface area contributed by atoms with Crippen molar-refractivity contribution in [1.82, 2.24) is 15.1 Å². The van der Waals surface area contributed by atoms with Crippen LogP contribution in [-0.4, -0.2) is 109 Å². The van der Waals surface area contributed by atoms with E-state index in [9.17, 15) is 19.5 Å². The third-order valence-corrected chi connectivity index (χ3v) is 8.72. The van der Waals surface area contributed by atoms with Gasteiger partial charge in [0, 0.05) is 26.2 Å². The molecule has 4 saturated heterocycles. The molecule has 2 bridgehead atoms. The molecule has 10 nitrogen and oxygen atoms in total. The summed E-state index contributed by atoms with van der Waals surface area (Å²) in [5, 5.41) is 13.4. The van der Waals surface area contributed by atoms with E-state index >= 15 is 0 Å². The van der Waals surface area contributed by atoms with Crippen molar-refractivity contribution in [2.24, 2.45) is 23.7 Å². The maximum atomic E-state index is 14.1. The number of aliphatic hydroxyl groups is 1. The second-order valence-electron chi connectivity index (χ2n) is 11.4. The zero-order valence-electron chi connectivity index (χ0n) is 22.3. The molecule has 10 heteroatoms. The minimum absolute atomic E-state index is 0.0442. The number of nitrogens with zero attached hydrogens (tertiary/aromatic N) is 2. The van der Waals surface area contributed by atoms with Crippen molar-refractivity contribution in [3.63, 3.8) is 0 Å². The summed E-state index contributed by atoms with van der Waals surface area (Å²) in [5.74, 6) is -2.48. The second kappa shape index (κ2) is 10.6. The fourth-order valence-corrected chi connectivity index (χ4v) is 7.04. The molecule has 4 rings (SSSR count). The Morgan fingerprint density at radius 2 is 1.97 bits per heavy atom. The van der Waals surface area contributed by atoms with Crippen molar-refractivity contribution in [3.8, 4) is 0 Å². The third-order valence-electron chi connectivity index (χ3n) is 8.72. The summed E-state index contributed by atoms with van der Waals surface area (Å²) >= 11 is 0. The normalized spacial score (nSPS) is 36.9. The highest BCUT2D eigenvalue weighted by molar-refractivity contribution is 5.98. The molecule has 0 saturated carbocycles. The summed E-state index contributed by atoms with van der Waals surface area (Å²) in [4.78, 5) is 44.9. The lowest BCUT2D eigenvalue weighted by molar-refractivity contribution is -0.162. The predicted molar refractivity (Wildman–Crippen MR) is 131 cm³/mol. The second-order valence-corrected chi connectivity index (χ2v) is 11.4. The lowest BCUT2D eigenvalue weighted by Crippen LogP contribution is -2.59. The highest BCUT2D eigenvalue weighted by Gasteiger charge is 2.80. The molecule has 36 heavy (non-hydrogen) atoms. The molecule has 3 unspecified atom stereocenters. The molecule has 0 aromatic heterocycles. The van der Waals surface area contributed by atoms with Gasteiger partial charge in [0.15, 0.2) is 0 Å². The van der Waals surface area contributed by atoms with Crippen molar-refractivity contribution < 1.29 is 33.7 Å². The molecule has 2 N–H and O–H groups in total. The predicted octanol–water partition coefficient (Wildman–Crippen LogP) is 0.416. The Labute approximate surface area is 214 Å². The molecule has 204 valence electrons. The number of likely N-dealkylation sites (tertiary alicyclic amines) is 1. The maximum Gasteiger partial charge on any atom is 0.312 e. The van der Waals surface area contributed by atoms with Gasteiger partial charge >= 0.3 is 5.97 Å². The number of nitrogens with one attached hydrogen (secondary N) is 1. The topological polar surface area (TPSA) is 118 Å². The van der Waals surface area contributed by atoms with E-state index in [0.717, 1.165) is 13.1 Å². The molecular weight excluding hydrogens is 466 g/mol. The zero-order chi connectivity index (χ0) is 26.3. The smallest absolute Gasteiger partial charge is 0.312 e. The van der Waals surface area contributed by atoms with Crippen molar-refractivity contribution >= 4 is 17.8 Å². The number of esters is 1. The maximum absolute atomic E-state index is 14.1. The van der Waals surface area contributed by atoms with Gasteiger partial charge < -0.3 is 29.5 Å². The largest absolute Gasteiger partial charge is 0.466 e. The summed E-state index contributed by atoms with van der Waals surface area (Å²) in [7, 11) is 0. The number of hydrogen-bond donors (Lipinski definition) is 2. The first-order valence-electron chi connectivity index (χ1n) is 13.5. The van der Waals surface area contributed by atoms with E-state index in [-0.39, 0.29) is 36.9 Å². The number of amides is 2. The lowest BCUT2D eigenvalue weighted by atomic mass is 9.62. The molecule has 4 heterocycles. The Kier molecular flexibility index (Phi) is 8.00. The van der Waals surface area contributed by atoms with Crippen LogP contribution in [0.15, 0.2) is 0 Å². The molecule has 1 spiro atoms. The molecule has 0 aliphatic carbocycles.